The molecule has 1 aliphatic rings. The molecule has 1 atom stereocenters. The molecule has 3 rings (SSSR count). The molecule has 0 saturated carbocycles. The van der Waals surface area contributed by atoms with Crippen LogP contribution in [0.5, 0.6) is 11.5 Å². The van der Waals surface area contributed by atoms with Crippen molar-refractivity contribution in [2.24, 2.45) is 0 Å². The van der Waals surface area contributed by atoms with E-state index >= 15 is 0 Å². The van der Waals surface area contributed by atoms with Crippen molar-refractivity contribution in [2.45, 2.75) is 71.4 Å². The number of benzene rings is 1. The van der Waals surface area contributed by atoms with Gasteiger partial charge in [0.15, 0.2) is 5.75 Å². The number of phenolic OH excluding ortho intramolecular Hbond substituents is 1. The first kappa shape index (κ1) is 21.9. The third kappa shape index (κ3) is 4.69. The summed E-state index contributed by atoms with van der Waals surface area (Å²) in [7, 11) is 0. The minimum atomic E-state index is -0.364. The van der Waals surface area contributed by atoms with Gasteiger partial charge in [0.1, 0.15) is 5.75 Å². The van der Waals surface area contributed by atoms with Gasteiger partial charge in [-0.05, 0) is 55.7 Å². The number of aromatic nitrogens is 1. The van der Waals surface area contributed by atoms with Gasteiger partial charge in [-0.15, -0.1) is 0 Å². The number of aromatic hydroxyl groups is 2. The molecule has 0 fully saturated rings. The van der Waals surface area contributed by atoms with Crippen molar-refractivity contribution in [1.29, 1.82) is 0 Å². The van der Waals surface area contributed by atoms with Crippen LogP contribution in [0.2, 0.25) is 0 Å². The maximum atomic E-state index is 13.0. The number of carbonyl (C=O) groups excluding carboxylic acids is 1. The molecule has 30 heavy (non-hydrogen) atoms. The van der Waals surface area contributed by atoms with Crippen molar-refractivity contribution in [3.8, 4) is 11.5 Å². The highest BCUT2D eigenvalue weighted by molar-refractivity contribution is 5.76. The van der Waals surface area contributed by atoms with Crippen LogP contribution in [0.1, 0.15) is 56.4 Å². The lowest BCUT2D eigenvalue weighted by atomic mass is 9.86. The topological polar surface area (TPSA) is 82.8 Å². The van der Waals surface area contributed by atoms with Crippen LogP contribution in [0.25, 0.3) is 0 Å². The maximum absolute atomic E-state index is 13.0. The summed E-state index contributed by atoms with van der Waals surface area (Å²) >= 11 is 0. The number of carbonyl (C=O) groups is 1. The Labute approximate surface area is 177 Å². The molecule has 1 unspecified atom stereocenters. The van der Waals surface area contributed by atoms with E-state index in [1.165, 1.54) is 6.07 Å². The Morgan fingerprint density at radius 3 is 2.77 bits per heavy atom. The highest BCUT2D eigenvalue weighted by atomic mass is 16.3. The molecule has 0 bridgehead atoms. The zero-order valence-electron chi connectivity index (χ0n) is 17.9. The summed E-state index contributed by atoms with van der Waals surface area (Å²) < 4.78 is 1.87. The number of phenols is 1. The Hall–Kier alpha value is -2.76. The highest BCUT2D eigenvalue weighted by Gasteiger charge is 2.28. The van der Waals surface area contributed by atoms with Crippen LogP contribution < -0.4 is 5.43 Å². The standard InChI is InChI=1S/C24H32N2O4/c1-3-13-26(18-10-11-19-17(16-18)7-5-8-21(19)27)23(29)9-6-14-25-15-12-22(28)24(30)20(25)4-2/h5,7-8,12,15,18,27,30H,3-4,6,9-11,13-14,16H2,1-2H3. The zero-order valence-corrected chi connectivity index (χ0v) is 17.9. The first-order valence-corrected chi connectivity index (χ1v) is 11.0. The van der Waals surface area contributed by atoms with Crippen LogP contribution >= 0.6 is 0 Å². The number of aryl methyl sites for hydroxylation is 1. The molecule has 2 N–H and O–H groups in total. The predicted octanol–water partition coefficient (Wildman–Crippen LogP) is 3.40. The van der Waals surface area contributed by atoms with E-state index in [-0.39, 0.29) is 23.1 Å². The highest BCUT2D eigenvalue weighted by Crippen LogP contribution is 2.31. The minimum Gasteiger partial charge on any atom is -0.508 e. The van der Waals surface area contributed by atoms with Gasteiger partial charge in [0, 0.05) is 37.8 Å². The number of hydrogen-bond acceptors (Lipinski definition) is 4. The van der Waals surface area contributed by atoms with Gasteiger partial charge in [-0.25, -0.2) is 0 Å². The minimum absolute atomic E-state index is 0.147. The van der Waals surface area contributed by atoms with Crippen molar-refractivity contribution < 1.29 is 15.0 Å². The second-order valence-corrected chi connectivity index (χ2v) is 8.02. The van der Waals surface area contributed by atoms with Crippen LogP contribution in [-0.2, 0) is 30.6 Å². The molecular weight excluding hydrogens is 380 g/mol. The lowest BCUT2D eigenvalue weighted by molar-refractivity contribution is -0.134. The molecule has 1 aromatic heterocycles. The van der Waals surface area contributed by atoms with Gasteiger partial charge >= 0.3 is 0 Å². The molecular formula is C24H32N2O4. The number of pyridine rings is 1. The van der Waals surface area contributed by atoms with E-state index in [4.69, 9.17) is 0 Å². The van der Waals surface area contributed by atoms with Gasteiger partial charge in [0.25, 0.3) is 0 Å². The van der Waals surface area contributed by atoms with E-state index in [1.54, 1.807) is 12.3 Å². The molecule has 6 heteroatoms. The summed E-state index contributed by atoms with van der Waals surface area (Å²) in [5.41, 5.74) is 2.40. The molecule has 1 aliphatic carbocycles. The molecule has 0 aliphatic heterocycles. The first-order chi connectivity index (χ1) is 14.5. The zero-order chi connectivity index (χ0) is 21.7. The Morgan fingerprint density at radius 2 is 2.03 bits per heavy atom. The summed E-state index contributed by atoms with van der Waals surface area (Å²) in [5, 5.41) is 20.1. The molecule has 0 spiro atoms. The Morgan fingerprint density at radius 1 is 1.23 bits per heavy atom. The van der Waals surface area contributed by atoms with Gasteiger partial charge in [-0.3, -0.25) is 9.59 Å². The number of nitrogens with zero attached hydrogens (tertiary/aromatic N) is 2. The number of fused-ring (bicyclic) bond motifs is 1. The maximum Gasteiger partial charge on any atom is 0.223 e. The lowest BCUT2D eigenvalue weighted by Gasteiger charge is -2.35. The summed E-state index contributed by atoms with van der Waals surface area (Å²) in [6, 6.07) is 7.18. The van der Waals surface area contributed by atoms with Gasteiger partial charge in [-0.1, -0.05) is 26.0 Å². The molecule has 2 aromatic rings. The predicted molar refractivity (Wildman–Crippen MR) is 117 cm³/mol. The van der Waals surface area contributed by atoms with Crippen LogP contribution in [0.15, 0.2) is 35.3 Å². The smallest absolute Gasteiger partial charge is 0.223 e. The van der Waals surface area contributed by atoms with Crippen molar-refractivity contribution >= 4 is 5.91 Å². The fraction of sp³-hybridized carbons (Fsp3) is 0.500. The average molecular weight is 413 g/mol. The van der Waals surface area contributed by atoms with E-state index in [0.29, 0.717) is 37.3 Å². The Kier molecular flexibility index (Phi) is 7.19. The molecule has 0 radical (unpaired) electrons. The molecule has 1 heterocycles. The van der Waals surface area contributed by atoms with Gasteiger partial charge < -0.3 is 19.7 Å². The van der Waals surface area contributed by atoms with Crippen LogP contribution in [-0.4, -0.2) is 38.2 Å². The van der Waals surface area contributed by atoms with Crippen molar-refractivity contribution in [3.63, 3.8) is 0 Å². The number of amides is 1. The molecule has 1 amide bonds. The van der Waals surface area contributed by atoms with E-state index in [1.807, 2.05) is 28.5 Å². The summed E-state index contributed by atoms with van der Waals surface area (Å²) in [5.74, 6) is 0.312. The Balaban J connectivity index is 1.64. The lowest BCUT2D eigenvalue weighted by Crippen LogP contribution is -2.43. The molecule has 6 nitrogen and oxygen atoms in total. The second kappa shape index (κ2) is 9.83. The third-order valence-electron chi connectivity index (χ3n) is 6.04. The fourth-order valence-corrected chi connectivity index (χ4v) is 4.51. The van der Waals surface area contributed by atoms with E-state index in [0.717, 1.165) is 43.4 Å². The van der Waals surface area contributed by atoms with Gasteiger partial charge in [0.2, 0.25) is 11.3 Å². The largest absolute Gasteiger partial charge is 0.508 e. The van der Waals surface area contributed by atoms with Gasteiger partial charge in [-0.2, -0.15) is 0 Å². The summed E-state index contributed by atoms with van der Waals surface area (Å²) in [4.78, 5) is 26.7. The van der Waals surface area contributed by atoms with E-state index < -0.39 is 0 Å². The van der Waals surface area contributed by atoms with Crippen molar-refractivity contribution in [2.75, 3.05) is 6.54 Å². The fourth-order valence-electron chi connectivity index (χ4n) is 4.51. The van der Waals surface area contributed by atoms with Crippen LogP contribution in [0, 0.1) is 0 Å². The third-order valence-corrected chi connectivity index (χ3v) is 6.04. The normalized spacial score (nSPS) is 15.6. The summed E-state index contributed by atoms with van der Waals surface area (Å²) in [6.07, 6.45) is 6.68. The summed E-state index contributed by atoms with van der Waals surface area (Å²) in [6.45, 7) is 5.30. The number of hydrogen-bond donors (Lipinski definition) is 2. The average Bonchev–Trinajstić information content (AvgIpc) is 2.74. The quantitative estimate of drug-likeness (QED) is 0.696. The Bertz CT molecular complexity index is 951. The first-order valence-electron chi connectivity index (χ1n) is 11.0. The molecule has 162 valence electrons. The van der Waals surface area contributed by atoms with Crippen LogP contribution in [0.4, 0.5) is 0 Å². The van der Waals surface area contributed by atoms with E-state index in [2.05, 4.69) is 6.92 Å². The van der Waals surface area contributed by atoms with E-state index in [9.17, 15) is 19.8 Å². The molecule has 0 saturated heterocycles. The van der Waals surface area contributed by atoms with Crippen LogP contribution in [0.3, 0.4) is 0 Å². The monoisotopic (exact) mass is 412 g/mol. The second-order valence-electron chi connectivity index (χ2n) is 8.02. The SMILES string of the molecule is CCCN(C(=O)CCCn1ccc(=O)c(O)c1CC)C1CCc2c(O)cccc2C1. The number of rotatable bonds is 8. The van der Waals surface area contributed by atoms with Crippen molar-refractivity contribution in [3.05, 3.63) is 57.5 Å². The van der Waals surface area contributed by atoms with Gasteiger partial charge in [0.05, 0.1) is 5.69 Å². The van der Waals surface area contributed by atoms with Crippen molar-refractivity contribution in [1.82, 2.24) is 9.47 Å². The molecule has 1 aromatic carbocycles.